The van der Waals surface area contributed by atoms with Gasteiger partial charge in [0.2, 0.25) is 0 Å². The fraction of sp³-hybridized carbons (Fsp3) is 0.176. The number of pyridine rings is 1. The molecule has 0 saturated carbocycles. The van der Waals surface area contributed by atoms with E-state index in [1.54, 1.807) is 18.2 Å². The first kappa shape index (κ1) is 14.8. The van der Waals surface area contributed by atoms with Crippen LogP contribution in [0.4, 0.5) is 5.69 Å². The third kappa shape index (κ3) is 4.16. The molecule has 2 aromatic rings. The number of aromatic nitrogens is 1. The molecule has 1 aromatic heterocycles. The summed E-state index contributed by atoms with van der Waals surface area (Å²) >= 11 is 0. The molecule has 1 heterocycles. The SMILES string of the molecule is Cc1cccc(C(=O)Nc2ccccc2C#CCCO)n1. The first-order valence-corrected chi connectivity index (χ1v) is 6.64. The summed E-state index contributed by atoms with van der Waals surface area (Å²) in [6, 6.07) is 12.6. The smallest absolute Gasteiger partial charge is 0.274 e. The molecule has 1 aromatic carbocycles. The number of nitrogens with one attached hydrogen (secondary N) is 1. The normalized spacial score (nSPS) is 9.62. The van der Waals surface area contributed by atoms with Crippen molar-refractivity contribution in [1.29, 1.82) is 0 Å². The summed E-state index contributed by atoms with van der Waals surface area (Å²) in [7, 11) is 0. The van der Waals surface area contributed by atoms with Crippen molar-refractivity contribution in [3.8, 4) is 11.8 Å². The Kier molecular flexibility index (Phi) is 5.08. The van der Waals surface area contributed by atoms with Crippen LogP contribution in [0.1, 0.15) is 28.2 Å². The Bertz CT molecular complexity index is 699. The van der Waals surface area contributed by atoms with E-state index >= 15 is 0 Å². The number of benzene rings is 1. The molecule has 0 fully saturated rings. The third-order valence-corrected chi connectivity index (χ3v) is 2.76. The number of carbonyl (C=O) groups excluding carboxylic acids is 1. The van der Waals surface area contributed by atoms with Gasteiger partial charge in [0.15, 0.2) is 0 Å². The van der Waals surface area contributed by atoms with Crippen LogP contribution in [-0.2, 0) is 0 Å². The molecule has 0 saturated heterocycles. The minimum Gasteiger partial charge on any atom is -0.395 e. The molecule has 0 aliphatic rings. The first-order chi connectivity index (χ1) is 10.2. The van der Waals surface area contributed by atoms with E-state index in [1.807, 2.05) is 31.2 Å². The van der Waals surface area contributed by atoms with E-state index in [-0.39, 0.29) is 12.5 Å². The molecule has 106 valence electrons. The van der Waals surface area contributed by atoms with Gasteiger partial charge in [0.05, 0.1) is 12.3 Å². The second kappa shape index (κ2) is 7.22. The lowest BCUT2D eigenvalue weighted by atomic mass is 10.1. The van der Waals surface area contributed by atoms with E-state index in [0.29, 0.717) is 23.4 Å². The number of aryl methyl sites for hydroxylation is 1. The maximum Gasteiger partial charge on any atom is 0.274 e. The molecule has 2 N–H and O–H groups in total. The van der Waals surface area contributed by atoms with Gasteiger partial charge in [-0.25, -0.2) is 4.98 Å². The standard InChI is InChI=1S/C17H16N2O2/c1-13-7-6-11-16(18-13)17(21)19-15-10-3-2-8-14(15)9-4-5-12-20/h2-3,6-8,10-11,20H,5,12H2,1H3,(H,19,21). The number of hydrogen-bond acceptors (Lipinski definition) is 3. The summed E-state index contributed by atoms with van der Waals surface area (Å²) in [4.78, 5) is 16.4. The highest BCUT2D eigenvalue weighted by molar-refractivity contribution is 6.03. The minimum atomic E-state index is -0.268. The van der Waals surface area contributed by atoms with Gasteiger partial charge in [0, 0.05) is 17.7 Å². The Morgan fingerprint density at radius 2 is 2.05 bits per heavy atom. The number of para-hydroxylation sites is 1. The summed E-state index contributed by atoms with van der Waals surface area (Å²) in [5.74, 6) is 5.52. The van der Waals surface area contributed by atoms with Gasteiger partial charge in [-0.2, -0.15) is 0 Å². The van der Waals surface area contributed by atoms with Gasteiger partial charge in [-0.1, -0.05) is 30.0 Å². The molecule has 0 aliphatic heterocycles. The van der Waals surface area contributed by atoms with Crippen LogP contribution in [0.2, 0.25) is 0 Å². The molecule has 4 heteroatoms. The highest BCUT2D eigenvalue weighted by Gasteiger charge is 2.09. The average molecular weight is 280 g/mol. The Labute approximate surface area is 123 Å². The summed E-state index contributed by atoms with van der Waals surface area (Å²) in [5, 5.41) is 11.6. The molecular weight excluding hydrogens is 264 g/mol. The van der Waals surface area contributed by atoms with Crippen LogP contribution in [0.25, 0.3) is 0 Å². The Morgan fingerprint density at radius 3 is 2.81 bits per heavy atom. The van der Waals surface area contributed by atoms with Crippen LogP contribution in [0.3, 0.4) is 0 Å². The Balaban J connectivity index is 2.20. The van der Waals surface area contributed by atoms with Gasteiger partial charge in [-0.15, -0.1) is 0 Å². The fourth-order valence-corrected chi connectivity index (χ4v) is 1.77. The van der Waals surface area contributed by atoms with Gasteiger partial charge in [-0.05, 0) is 31.2 Å². The summed E-state index contributed by atoms with van der Waals surface area (Å²) in [6.45, 7) is 1.86. The highest BCUT2D eigenvalue weighted by Crippen LogP contribution is 2.15. The molecule has 21 heavy (non-hydrogen) atoms. The summed E-state index contributed by atoms with van der Waals surface area (Å²) in [5.41, 5.74) is 2.51. The van der Waals surface area contributed by atoms with E-state index in [4.69, 9.17) is 5.11 Å². The number of nitrogens with zero attached hydrogens (tertiary/aromatic N) is 1. The van der Waals surface area contributed by atoms with E-state index in [2.05, 4.69) is 22.1 Å². The fourth-order valence-electron chi connectivity index (χ4n) is 1.77. The second-order valence-corrected chi connectivity index (χ2v) is 4.44. The van der Waals surface area contributed by atoms with Gasteiger partial charge in [0.1, 0.15) is 5.69 Å². The first-order valence-electron chi connectivity index (χ1n) is 6.64. The number of anilines is 1. The maximum atomic E-state index is 12.2. The zero-order valence-corrected chi connectivity index (χ0v) is 11.8. The van der Waals surface area contributed by atoms with Crippen molar-refractivity contribution >= 4 is 11.6 Å². The number of aliphatic hydroxyl groups is 1. The minimum absolute atomic E-state index is 0.0226. The maximum absolute atomic E-state index is 12.2. The molecule has 2 rings (SSSR count). The van der Waals surface area contributed by atoms with Gasteiger partial charge < -0.3 is 10.4 Å². The van der Waals surface area contributed by atoms with E-state index in [1.165, 1.54) is 0 Å². The van der Waals surface area contributed by atoms with E-state index in [9.17, 15) is 4.79 Å². The molecule has 0 spiro atoms. The van der Waals surface area contributed by atoms with Crippen molar-refractivity contribution in [2.75, 3.05) is 11.9 Å². The molecule has 4 nitrogen and oxygen atoms in total. The molecular formula is C17H16N2O2. The molecule has 0 radical (unpaired) electrons. The van der Waals surface area contributed by atoms with Crippen molar-refractivity contribution in [2.24, 2.45) is 0 Å². The number of aliphatic hydroxyl groups excluding tert-OH is 1. The summed E-state index contributed by atoms with van der Waals surface area (Å²) in [6.07, 6.45) is 0.404. The number of amides is 1. The topological polar surface area (TPSA) is 62.2 Å². The number of rotatable bonds is 3. The highest BCUT2D eigenvalue weighted by atomic mass is 16.2. The van der Waals surface area contributed by atoms with Gasteiger partial charge >= 0.3 is 0 Å². The second-order valence-electron chi connectivity index (χ2n) is 4.44. The lowest BCUT2D eigenvalue weighted by Crippen LogP contribution is -2.14. The van der Waals surface area contributed by atoms with Crippen molar-refractivity contribution in [1.82, 2.24) is 4.98 Å². The van der Waals surface area contributed by atoms with Crippen LogP contribution in [0, 0.1) is 18.8 Å². The van der Waals surface area contributed by atoms with Crippen LogP contribution in [0.5, 0.6) is 0 Å². The van der Waals surface area contributed by atoms with Crippen LogP contribution < -0.4 is 5.32 Å². The summed E-state index contributed by atoms with van der Waals surface area (Å²) < 4.78 is 0. The number of hydrogen-bond donors (Lipinski definition) is 2. The van der Waals surface area contributed by atoms with Crippen LogP contribution in [-0.4, -0.2) is 22.6 Å². The van der Waals surface area contributed by atoms with Gasteiger partial charge in [-0.3, -0.25) is 4.79 Å². The zero-order valence-electron chi connectivity index (χ0n) is 11.8. The van der Waals surface area contributed by atoms with Crippen molar-refractivity contribution in [3.05, 3.63) is 59.4 Å². The monoisotopic (exact) mass is 280 g/mol. The van der Waals surface area contributed by atoms with Crippen molar-refractivity contribution in [3.63, 3.8) is 0 Å². The Morgan fingerprint density at radius 1 is 1.24 bits per heavy atom. The molecule has 0 unspecified atom stereocenters. The lowest BCUT2D eigenvalue weighted by Gasteiger charge is -2.07. The van der Waals surface area contributed by atoms with Crippen LogP contribution >= 0.6 is 0 Å². The quantitative estimate of drug-likeness (QED) is 0.849. The number of carbonyl (C=O) groups is 1. The van der Waals surface area contributed by atoms with Crippen molar-refractivity contribution < 1.29 is 9.90 Å². The third-order valence-electron chi connectivity index (χ3n) is 2.76. The Hall–Kier alpha value is -2.64. The van der Waals surface area contributed by atoms with Gasteiger partial charge in [0.25, 0.3) is 5.91 Å². The average Bonchev–Trinajstić information content (AvgIpc) is 2.49. The van der Waals surface area contributed by atoms with E-state index < -0.39 is 0 Å². The predicted octanol–water partition coefficient (Wildman–Crippen LogP) is 2.38. The zero-order chi connectivity index (χ0) is 15.1. The predicted molar refractivity (Wildman–Crippen MR) is 82.0 cm³/mol. The lowest BCUT2D eigenvalue weighted by molar-refractivity contribution is 0.102. The van der Waals surface area contributed by atoms with E-state index in [0.717, 1.165) is 5.69 Å². The van der Waals surface area contributed by atoms with Crippen molar-refractivity contribution in [2.45, 2.75) is 13.3 Å². The molecule has 0 aliphatic carbocycles. The van der Waals surface area contributed by atoms with Crippen LogP contribution in [0.15, 0.2) is 42.5 Å². The molecule has 1 amide bonds. The largest absolute Gasteiger partial charge is 0.395 e. The molecule has 0 atom stereocenters. The molecule has 0 bridgehead atoms.